The first-order chi connectivity index (χ1) is 16.9. The number of aliphatic hydroxyl groups is 1. The molecule has 1 saturated carbocycles. The second-order valence-electron chi connectivity index (χ2n) is 12.6. The first-order valence-electron chi connectivity index (χ1n) is 13.2. The van der Waals surface area contributed by atoms with Crippen LogP contribution in [0.1, 0.15) is 36.8 Å². The van der Waals surface area contributed by atoms with Gasteiger partial charge in [-0.3, -0.25) is 4.79 Å². The Morgan fingerprint density at radius 2 is 1.89 bits per heavy atom. The zero-order valence-corrected chi connectivity index (χ0v) is 23.6. The molecule has 1 aromatic carbocycles. The maximum absolute atomic E-state index is 14.0. The largest absolute Gasteiger partial charge is 0.497 e. The van der Waals surface area contributed by atoms with Crippen molar-refractivity contribution in [1.82, 2.24) is 14.7 Å². The molecule has 2 aliphatic carbocycles. The molecule has 4 atom stereocenters. The van der Waals surface area contributed by atoms with E-state index in [0.717, 1.165) is 36.7 Å². The summed E-state index contributed by atoms with van der Waals surface area (Å²) in [6.45, 7) is 8.20. The number of fused-ring (bicyclic) bond motifs is 1. The molecule has 198 valence electrons. The van der Waals surface area contributed by atoms with Gasteiger partial charge in [0.1, 0.15) is 18.0 Å². The minimum absolute atomic E-state index is 0.0126. The van der Waals surface area contributed by atoms with Crippen LogP contribution in [0.25, 0.3) is 0 Å². The van der Waals surface area contributed by atoms with Crippen LogP contribution in [0.15, 0.2) is 18.2 Å². The summed E-state index contributed by atoms with van der Waals surface area (Å²) in [6.07, 6.45) is 2.81. The number of piperidine rings is 1. The van der Waals surface area contributed by atoms with Crippen LogP contribution in [-0.2, 0) is 21.4 Å². The van der Waals surface area contributed by atoms with E-state index in [1.165, 1.54) is 10.5 Å². The fraction of sp³-hybridized carbons (Fsp3) is 0.704. The number of methoxy groups -OCH3 is 1. The van der Waals surface area contributed by atoms with Gasteiger partial charge in [0.15, 0.2) is 0 Å². The molecule has 8 nitrogen and oxygen atoms in total. The molecule has 0 radical (unpaired) electrons. The van der Waals surface area contributed by atoms with Crippen molar-refractivity contribution < 1.29 is 24.2 Å². The monoisotopic (exact) mass is 515 g/mol. The van der Waals surface area contributed by atoms with E-state index in [1.807, 2.05) is 6.07 Å². The van der Waals surface area contributed by atoms with Gasteiger partial charge in [-0.15, -0.1) is 0 Å². The Balaban J connectivity index is 1.50. The Morgan fingerprint density at radius 1 is 1.14 bits per heavy atom. The Hall–Kier alpha value is -1.94. The molecule has 2 bridgehead atoms. The van der Waals surface area contributed by atoms with Crippen molar-refractivity contribution in [1.29, 1.82) is 0 Å². The van der Waals surface area contributed by atoms with E-state index < -0.39 is 24.6 Å². The number of urea groups is 1. The number of ether oxygens (including phenoxy) is 2. The summed E-state index contributed by atoms with van der Waals surface area (Å²) in [5.74, 6) is 0.562. The summed E-state index contributed by atoms with van der Waals surface area (Å²) in [4.78, 5) is 32.6. The van der Waals surface area contributed by atoms with Crippen molar-refractivity contribution in [2.75, 3.05) is 41.1 Å². The topological polar surface area (TPSA) is 82.5 Å². The molecular formula is C27H41N3O5Si. The van der Waals surface area contributed by atoms with E-state index in [4.69, 9.17) is 9.47 Å². The van der Waals surface area contributed by atoms with E-state index in [9.17, 15) is 14.7 Å². The lowest BCUT2D eigenvalue weighted by Gasteiger charge is -2.65. The molecule has 2 saturated heterocycles. The van der Waals surface area contributed by atoms with Crippen LogP contribution < -0.4 is 4.74 Å². The number of imide groups is 1. The van der Waals surface area contributed by atoms with E-state index in [0.29, 0.717) is 25.9 Å². The second kappa shape index (κ2) is 8.54. The van der Waals surface area contributed by atoms with Crippen LogP contribution in [-0.4, -0.2) is 98.1 Å². The van der Waals surface area contributed by atoms with Crippen molar-refractivity contribution in [2.24, 2.45) is 0 Å². The average molecular weight is 516 g/mol. The van der Waals surface area contributed by atoms with Gasteiger partial charge in [0.05, 0.1) is 12.7 Å². The summed E-state index contributed by atoms with van der Waals surface area (Å²) in [7, 11) is 4.20. The summed E-state index contributed by atoms with van der Waals surface area (Å²) in [5, 5.41) is 12.4. The highest BCUT2D eigenvalue weighted by Gasteiger charge is 2.71. The van der Waals surface area contributed by atoms with E-state index in [-0.39, 0.29) is 24.7 Å². The quantitative estimate of drug-likeness (QED) is 0.356. The Bertz CT molecular complexity index is 1080. The van der Waals surface area contributed by atoms with E-state index >= 15 is 0 Å². The van der Waals surface area contributed by atoms with Gasteiger partial charge in [0, 0.05) is 33.2 Å². The standard InChI is InChI=1S/C27H41N3O5Si/c1-28-12-11-25-17-26(23(31)30(24(32)29(26)2)18-35-13-14-36(4,5)6)9-10-27(25,33)22(28)15-19-7-8-20(34-3)16-21(19)25/h7-8,16,22,33H,9-15,17-18H2,1-6H3/t22-,25-,26+,27-/m1/s1. The molecule has 0 aromatic heterocycles. The molecule has 9 heteroatoms. The molecule has 2 heterocycles. The van der Waals surface area contributed by atoms with Crippen molar-refractivity contribution >= 4 is 20.0 Å². The van der Waals surface area contributed by atoms with Crippen LogP contribution in [0.2, 0.25) is 25.7 Å². The molecule has 2 aliphatic heterocycles. The molecule has 5 rings (SSSR count). The lowest BCUT2D eigenvalue weighted by Crippen LogP contribution is -2.75. The van der Waals surface area contributed by atoms with E-state index in [1.54, 1.807) is 19.1 Å². The maximum Gasteiger partial charge on any atom is 0.329 e. The highest BCUT2D eigenvalue weighted by Crippen LogP contribution is 2.62. The Labute approximate surface area is 215 Å². The molecule has 1 N–H and O–H groups in total. The normalized spacial score (nSPS) is 34.2. The maximum atomic E-state index is 14.0. The predicted octanol–water partition coefficient (Wildman–Crippen LogP) is 3.05. The smallest absolute Gasteiger partial charge is 0.329 e. The fourth-order valence-electron chi connectivity index (χ4n) is 7.32. The summed E-state index contributed by atoms with van der Waals surface area (Å²) < 4.78 is 11.4. The highest BCUT2D eigenvalue weighted by atomic mass is 28.3. The van der Waals surface area contributed by atoms with Crippen LogP contribution in [0.4, 0.5) is 4.79 Å². The Kier molecular flexibility index (Phi) is 6.10. The number of nitrogens with zero attached hydrogens (tertiary/aromatic N) is 3. The van der Waals surface area contributed by atoms with Crippen LogP contribution in [0.5, 0.6) is 5.75 Å². The van der Waals surface area contributed by atoms with Crippen molar-refractivity contribution in [2.45, 2.75) is 80.4 Å². The van der Waals surface area contributed by atoms with Crippen molar-refractivity contribution in [3.8, 4) is 5.75 Å². The van der Waals surface area contributed by atoms with Gasteiger partial charge in [0.2, 0.25) is 0 Å². The predicted molar refractivity (Wildman–Crippen MR) is 140 cm³/mol. The van der Waals surface area contributed by atoms with Crippen LogP contribution >= 0.6 is 0 Å². The van der Waals surface area contributed by atoms with Gasteiger partial charge in [-0.1, -0.05) is 25.7 Å². The number of likely N-dealkylation sites (tertiary alicyclic amines) is 1. The average Bonchev–Trinajstić information content (AvgIpc) is 2.99. The first kappa shape index (κ1) is 25.7. The van der Waals surface area contributed by atoms with Gasteiger partial charge < -0.3 is 24.4 Å². The minimum Gasteiger partial charge on any atom is -0.497 e. The van der Waals surface area contributed by atoms with E-state index in [2.05, 4.69) is 43.7 Å². The zero-order chi connectivity index (χ0) is 26.1. The number of amides is 3. The third kappa shape index (κ3) is 3.57. The third-order valence-electron chi connectivity index (χ3n) is 9.58. The molecule has 36 heavy (non-hydrogen) atoms. The van der Waals surface area contributed by atoms with Crippen LogP contribution in [0.3, 0.4) is 0 Å². The molecule has 1 spiro atoms. The van der Waals surface area contributed by atoms with Gasteiger partial charge >= 0.3 is 6.03 Å². The highest BCUT2D eigenvalue weighted by molar-refractivity contribution is 6.76. The van der Waals surface area contributed by atoms with Gasteiger partial charge in [-0.05, 0) is 75.0 Å². The van der Waals surface area contributed by atoms with Gasteiger partial charge in [0.25, 0.3) is 5.91 Å². The molecule has 1 aromatic rings. The van der Waals surface area contributed by atoms with Crippen LogP contribution in [0, 0.1) is 0 Å². The number of hydrogen-bond donors (Lipinski definition) is 1. The number of benzene rings is 1. The van der Waals surface area contributed by atoms with Crippen molar-refractivity contribution in [3.05, 3.63) is 29.3 Å². The lowest BCUT2D eigenvalue weighted by atomic mass is 9.46. The molecule has 4 aliphatic rings. The zero-order valence-electron chi connectivity index (χ0n) is 22.6. The summed E-state index contributed by atoms with van der Waals surface area (Å²) in [5.41, 5.74) is -0.324. The lowest BCUT2D eigenvalue weighted by molar-refractivity contribution is -0.184. The number of carbonyl (C=O) groups excluding carboxylic acids is 2. The summed E-state index contributed by atoms with van der Waals surface area (Å²) in [6, 6.07) is 6.79. The number of likely N-dealkylation sites (N-methyl/N-ethyl adjacent to an activating group) is 2. The second-order valence-corrected chi connectivity index (χ2v) is 18.2. The Morgan fingerprint density at radius 3 is 2.58 bits per heavy atom. The third-order valence-corrected chi connectivity index (χ3v) is 11.3. The minimum atomic E-state index is -1.28. The number of carbonyl (C=O) groups is 2. The number of rotatable bonds is 6. The SMILES string of the molecule is COc1ccc2c(c1)[C@]13CCN(C)[C@H](C2)[C@]1(O)CC[C@]1(C3)C(=O)N(COCC[Si](C)(C)C)C(=O)N1C. The fourth-order valence-corrected chi connectivity index (χ4v) is 8.08. The molecule has 0 unspecified atom stereocenters. The van der Waals surface area contributed by atoms with Crippen molar-refractivity contribution in [3.63, 3.8) is 0 Å². The summed E-state index contributed by atoms with van der Waals surface area (Å²) >= 11 is 0. The van der Waals surface area contributed by atoms with Gasteiger partial charge in [-0.2, -0.15) is 0 Å². The molecule has 3 amide bonds. The molecule has 3 fully saturated rings. The molecular weight excluding hydrogens is 474 g/mol. The van der Waals surface area contributed by atoms with Gasteiger partial charge in [-0.25, -0.2) is 9.69 Å². The first-order valence-corrected chi connectivity index (χ1v) is 16.9. The number of hydrogen-bond acceptors (Lipinski definition) is 6.